The van der Waals surface area contributed by atoms with Crippen LogP contribution in [0.25, 0.3) is 0 Å². The third-order valence-corrected chi connectivity index (χ3v) is 3.16. The first kappa shape index (κ1) is 14.2. The fourth-order valence-electron chi connectivity index (χ4n) is 2.00. The van der Waals surface area contributed by atoms with Gasteiger partial charge in [-0.05, 0) is 42.7 Å². The highest BCUT2D eigenvalue weighted by Gasteiger charge is 2.10. The summed E-state index contributed by atoms with van der Waals surface area (Å²) in [5.74, 6) is -0.347. The first-order valence-electron chi connectivity index (χ1n) is 6.59. The number of aryl methyl sites for hydroxylation is 1. The lowest BCUT2D eigenvalue weighted by Crippen LogP contribution is -2.26. The number of benzene rings is 1. The molecular formula is C16H17FN2O. The maximum absolute atomic E-state index is 13.4. The monoisotopic (exact) mass is 272 g/mol. The zero-order valence-electron chi connectivity index (χ0n) is 11.3. The van der Waals surface area contributed by atoms with Crippen LogP contribution >= 0.6 is 0 Å². The Hall–Kier alpha value is -2.23. The van der Waals surface area contributed by atoms with Crippen LogP contribution in [0.5, 0.6) is 0 Å². The van der Waals surface area contributed by atoms with Gasteiger partial charge in [-0.3, -0.25) is 9.78 Å². The predicted molar refractivity (Wildman–Crippen MR) is 75.5 cm³/mol. The van der Waals surface area contributed by atoms with Gasteiger partial charge in [0.05, 0.1) is 6.04 Å². The third-order valence-electron chi connectivity index (χ3n) is 3.16. The van der Waals surface area contributed by atoms with Crippen molar-refractivity contribution in [2.45, 2.75) is 25.8 Å². The molecule has 0 saturated carbocycles. The van der Waals surface area contributed by atoms with Crippen molar-refractivity contribution in [2.24, 2.45) is 0 Å². The molecule has 0 spiro atoms. The summed E-state index contributed by atoms with van der Waals surface area (Å²) >= 11 is 0. The Bertz CT molecular complexity index is 572. The van der Waals surface area contributed by atoms with Gasteiger partial charge in [-0.15, -0.1) is 0 Å². The van der Waals surface area contributed by atoms with E-state index in [0.29, 0.717) is 12.0 Å². The lowest BCUT2D eigenvalue weighted by molar-refractivity contribution is -0.121. The largest absolute Gasteiger partial charge is 0.350 e. The Kier molecular flexibility index (Phi) is 4.82. The summed E-state index contributed by atoms with van der Waals surface area (Å²) in [6.07, 6.45) is 4.06. The zero-order chi connectivity index (χ0) is 14.4. The highest BCUT2D eigenvalue weighted by atomic mass is 19.1. The number of carbonyl (C=O) groups is 1. The van der Waals surface area contributed by atoms with E-state index in [-0.39, 0.29) is 24.2 Å². The van der Waals surface area contributed by atoms with E-state index in [1.54, 1.807) is 30.6 Å². The third kappa shape index (κ3) is 3.88. The maximum Gasteiger partial charge on any atom is 0.220 e. The molecule has 0 fully saturated rings. The zero-order valence-corrected chi connectivity index (χ0v) is 11.3. The highest BCUT2D eigenvalue weighted by Crippen LogP contribution is 2.12. The fraction of sp³-hybridized carbons (Fsp3) is 0.250. The molecule has 1 unspecified atom stereocenters. The molecule has 1 aromatic heterocycles. The van der Waals surface area contributed by atoms with E-state index < -0.39 is 0 Å². The van der Waals surface area contributed by atoms with Crippen LogP contribution in [0, 0.1) is 5.82 Å². The van der Waals surface area contributed by atoms with E-state index in [1.165, 1.54) is 6.07 Å². The summed E-state index contributed by atoms with van der Waals surface area (Å²) in [5.41, 5.74) is 1.57. The minimum atomic E-state index is -0.262. The Balaban J connectivity index is 1.86. The molecule has 1 heterocycles. The molecule has 20 heavy (non-hydrogen) atoms. The predicted octanol–water partition coefficient (Wildman–Crippen LogP) is 3.03. The van der Waals surface area contributed by atoms with E-state index in [1.807, 2.05) is 19.1 Å². The fourth-order valence-corrected chi connectivity index (χ4v) is 2.00. The highest BCUT2D eigenvalue weighted by molar-refractivity contribution is 5.76. The van der Waals surface area contributed by atoms with Gasteiger partial charge in [0.25, 0.3) is 0 Å². The molecule has 1 aromatic carbocycles. The second-order valence-corrected chi connectivity index (χ2v) is 4.66. The number of amides is 1. The van der Waals surface area contributed by atoms with E-state index >= 15 is 0 Å². The molecule has 2 rings (SSSR count). The summed E-state index contributed by atoms with van der Waals surface area (Å²) in [7, 11) is 0. The number of pyridine rings is 1. The normalized spacial score (nSPS) is 11.9. The van der Waals surface area contributed by atoms with Crippen LogP contribution in [0.4, 0.5) is 4.39 Å². The van der Waals surface area contributed by atoms with Crippen LogP contribution in [0.2, 0.25) is 0 Å². The average molecular weight is 272 g/mol. The SMILES string of the molecule is CC(NC(=O)CCc1ccccc1F)c1ccncc1. The topological polar surface area (TPSA) is 42.0 Å². The Morgan fingerprint density at radius 3 is 2.65 bits per heavy atom. The van der Waals surface area contributed by atoms with E-state index in [9.17, 15) is 9.18 Å². The van der Waals surface area contributed by atoms with Crippen molar-refractivity contribution >= 4 is 5.91 Å². The lowest BCUT2D eigenvalue weighted by atomic mass is 10.1. The second kappa shape index (κ2) is 6.80. The number of nitrogens with one attached hydrogen (secondary N) is 1. The minimum absolute atomic E-state index is 0.0777. The van der Waals surface area contributed by atoms with Crippen molar-refractivity contribution in [3.05, 3.63) is 65.7 Å². The van der Waals surface area contributed by atoms with Crippen molar-refractivity contribution in [1.82, 2.24) is 10.3 Å². The van der Waals surface area contributed by atoms with Crippen molar-refractivity contribution in [3.8, 4) is 0 Å². The van der Waals surface area contributed by atoms with E-state index in [2.05, 4.69) is 10.3 Å². The van der Waals surface area contributed by atoms with Crippen LogP contribution in [0.3, 0.4) is 0 Å². The van der Waals surface area contributed by atoms with E-state index in [0.717, 1.165) is 5.56 Å². The van der Waals surface area contributed by atoms with Gasteiger partial charge in [0.1, 0.15) is 5.82 Å². The van der Waals surface area contributed by atoms with E-state index in [4.69, 9.17) is 0 Å². The summed E-state index contributed by atoms with van der Waals surface area (Å²) in [6, 6.07) is 10.2. The molecular weight excluding hydrogens is 255 g/mol. The molecule has 4 heteroatoms. The second-order valence-electron chi connectivity index (χ2n) is 4.66. The molecule has 104 valence electrons. The molecule has 0 bridgehead atoms. The van der Waals surface area contributed by atoms with Gasteiger partial charge in [-0.25, -0.2) is 4.39 Å². The van der Waals surface area contributed by atoms with Crippen molar-refractivity contribution in [3.63, 3.8) is 0 Å². The number of rotatable bonds is 5. The molecule has 1 atom stereocenters. The number of aromatic nitrogens is 1. The van der Waals surface area contributed by atoms with Gasteiger partial charge in [-0.2, -0.15) is 0 Å². The van der Waals surface area contributed by atoms with Crippen molar-refractivity contribution in [2.75, 3.05) is 0 Å². The van der Waals surface area contributed by atoms with Crippen LogP contribution in [0.15, 0.2) is 48.8 Å². The maximum atomic E-state index is 13.4. The van der Waals surface area contributed by atoms with Gasteiger partial charge in [0.15, 0.2) is 0 Å². The van der Waals surface area contributed by atoms with Gasteiger partial charge in [0, 0.05) is 18.8 Å². The van der Waals surface area contributed by atoms with Crippen LogP contribution < -0.4 is 5.32 Å². The van der Waals surface area contributed by atoms with Gasteiger partial charge < -0.3 is 5.32 Å². The molecule has 1 N–H and O–H groups in total. The molecule has 0 aliphatic carbocycles. The van der Waals surface area contributed by atoms with Gasteiger partial charge >= 0.3 is 0 Å². The van der Waals surface area contributed by atoms with Crippen molar-refractivity contribution < 1.29 is 9.18 Å². The number of hydrogen-bond donors (Lipinski definition) is 1. The Morgan fingerprint density at radius 1 is 1.25 bits per heavy atom. The lowest BCUT2D eigenvalue weighted by Gasteiger charge is -2.14. The number of hydrogen-bond acceptors (Lipinski definition) is 2. The molecule has 0 radical (unpaired) electrons. The number of halogens is 1. The molecule has 3 nitrogen and oxygen atoms in total. The molecule has 2 aromatic rings. The first-order chi connectivity index (χ1) is 9.66. The minimum Gasteiger partial charge on any atom is -0.350 e. The van der Waals surface area contributed by atoms with Gasteiger partial charge in [-0.1, -0.05) is 18.2 Å². The van der Waals surface area contributed by atoms with Crippen molar-refractivity contribution in [1.29, 1.82) is 0 Å². The Morgan fingerprint density at radius 2 is 1.95 bits per heavy atom. The summed E-state index contributed by atoms with van der Waals surface area (Å²) < 4.78 is 13.4. The summed E-state index contributed by atoms with van der Waals surface area (Å²) in [5, 5.41) is 2.90. The van der Waals surface area contributed by atoms with Crippen LogP contribution in [-0.2, 0) is 11.2 Å². The quantitative estimate of drug-likeness (QED) is 0.909. The molecule has 0 saturated heterocycles. The molecule has 0 aliphatic heterocycles. The number of nitrogens with zero attached hydrogens (tertiary/aromatic N) is 1. The van der Waals surface area contributed by atoms with Gasteiger partial charge in [0.2, 0.25) is 5.91 Å². The van der Waals surface area contributed by atoms with Crippen LogP contribution in [-0.4, -0.2) is 10.9 Å². The smallest absolute Gasteiger partial charge is 0.220 e. The number of carbonyl (C=O) groups excluding carboxylic acids is 1. The molecule has 1 amide bonds. The first-order valence-corrected chi connectivity index (χ1v) is 6.59. The average Bonchev–Trinajstić information content (AvgIpc) is 2.47. The molecule has 0 aliphatic rings. The summed E-state index contributed by atoms with van der Waals surface area (Å²) in [6.45, 7) is 1.91. The standard InChI is InChI=1S/C16H17FN2O/c1-12(13-8-10-18-11-9-13)19-16(20)7-6-14-4-2-3-5-15(14)17/h2-5,8-12H,6-7H2,1H3,(H,19,20). The Labute approximate surface area is 117 Å². The summed E-state index contributed by atoms with van der Waals surface area (Å²) in [4.78, 5) is 15.8. The van der Waals surface area contributed by atoms with Crippen LogP contribution in [0.1, 0.15) is 30.5 Å².